The summed E-state index contributed by atoms with van der Waals surface area (Å²) in [5.74, 6) is 0.506. The van der Waals surface area contributed by atoms with Crippen molar-refractivity contribution in [3.8, 4) is 0 Å². The minimum atomic E-state index is -0.144. The highest BCUT2D eigenvalue weighted by atomic mass is 16.5. The van der Waals surface area contributed by atoms with Crippen LogP contribution in [0.2, 0.25) is 0 Å². The number of amides is 2. The van der Waals surface area contributed by atoms with Gasteiger partial charge in [-0.2, -0.15) is 0 Å². The normalized spacial score (nSPS) is 18.9. The van der Waals surface area contributed by atoms with Crippen molar-refractivity contribution in [2.45, 2.75) is 19.8 Å². The molecular weight excluding hydrogens is 284 g/mol. The summed E-state index contributed by atoms with van der Waals surface area (Å²) < 4.78 is 5.25. The Morgan fingerprint density at radius 3 is 2.86 bits per heavy atom. The second-order valence-electron chi connectivity index (χ2n) is 5.60. The van der Waals surface area contributed by atoms with Crippen LogP contribution in [0.3, 0.4) is 0 Å². The smallest absolute Gasteiger partial charge is 0.257 e. The number of carbonyl (C=O) groups excluding carboxylic acids is 2. The number of carbonyl (C=O) groups is 2. The molecule has 0 atom stereocenters. The Morgan fingerprint density at radius 1 is 1.32 bits per heavy atom. The van der Waals surface area contributed by atoms with Crippen molar-refractivity contribution in [3.63, 3.8) is 0 Å². The second-order valence-corrected chi connectivity index (χ2v) is 5.60. The van der Waals surface area contributed by atoms with E-state index < -0.39 is 0 Å². The minimum Gasteiger partial charge on any atom is -0.378 e. The minimum absolute atomic E-state index is 0.0202. The Morgan fingerprint density at radius 2 is 2.09 bits per heavy atom. The summed E-state index contributed by atoms with van der Waals surface area (Å²) in [6, 6.07) is 0. The summed E-state index contributed by atoms with van der Waals surface area (Å²) in [6.45, 7) is 4.83. The van der Waals surface area contributed by atoms with Gasteiger partial charge < -0.3 is 14.5 Å². The standard InChI is InChI=1S/C15H20N4O3/c1-11-16-9-12-13(17-11)3-2-4-19(15(12)21)10-14(20)18-5-7-22-8-6-18/h9H,2-8,10H2,1H3. The molecule has 1 fully saturated rings. The molecule has 3 heterocycles. The maximum atomic E-state index is 12.6. The van der Waals surface area contributed by atoms with Crippen molar-refractivity contribution in [1.29, 1.82) is 0 Å². The lowest BCUT2D eigenvalue weighted by Gasteiger charge is -2.29. The van der Waals surface area contributed by atoms with Crippen molar-refractivity contribution in [2.24, 2.45) is 0 Å². The van der Waals surface area contributed by atoms with Gasteiger partial charge in [0.1, 0.15) is 12.4 Å². The summed E-state index contributed by atoms with van der Waals surface area (Å²) in [5.41, 5.74) is 1.32. The summed E-state index contributed by atoms with van der Waals surface area (Å²) in [6.07, 6.45) is 3.13. The third-order valence-corrected chi connectivity index (χ3v) is 4.04. The van der Waals surface area contributed by atoms with Gasteiger partial charge in [-0.05, 0) is 19.8 Å². The fourth-order valence-electron chi connectivity index (χ4n) is 2.82. The van der Waals surface area contributed by atoms with Crippen LogP contribution in [0.4, 0.5) is 0 Å². The van der Waals surface area contributed by atoms with Gasteiger partial charge in [0.2, 0.25) is 5.91 Å². The number of aryl methyl sites for hydroxylation is 2. The van der Waals surface area contributed by atoms with Gasteiger partial charge in [-0.15, -0.1) is 0 Å². The van der Waals surface area contributed by atoms with E-state index in [9.17, 15) is 9.59 Å². The summed E-state index contributed by atoms with van der Waals surface area (Å²) in [4.78, 5) is 36.8. The van der Waals surface area contributed by atoms with Gasteiger partial charge >= 0.3 is 0 Å². The number of ether oxygens (including phenoxy) is 1. The molecule has 2 aliphatic heterocycles. The maximum absolute atomic E-state index is 12.6. The van der Waals surface area contributed by atoms with Gasteiger partial charge in [-0.3, -0.25) is 9.59 Å². The van der Waals surface area contributed by atoms with Crippen LogP contribution in [-0.4, -0.2) is 71.0 Å². The highest BCUT2D eigenvalue weighted by Gasteiger charge is 2.27. The molecule has 7 nitrogen and oxygen atoms in total. The molecule has 0 bridgehead atoms. The molecule has 2 aliphatic rings. The number of morpholine rings is 1. The summed E-state index contributed by atoms with van der Waals surface area (Å²) in [7, 11) is 0. The number of nitrogens with zero attached hydrogens (tertiary/aromatic N) is 4. The van der Waals surface area contributed by atoms with Gasteiger partial charge in [0, 0.05) is 25.8 Å². The Hall–Kier alpha value is -2.02. The van der Waals surface area contributed by atoms with Gasteiger partial charge in [-0.25, -0.2) is 9.97 Å². The van der Waals surface area contributed by atoms with Crippen molar-refractivity contribution in [2.75, 3.05) is 39.4 Å². The Kier molecular flexibility index (Phi) is 4.33. The first-order valence-corrected chi connectivity index (χ1v) is 7.62. The third-order valence-electron chi connectivity index (χ3n) is 4.04. The molecule has 0 aliphatic carbocycles. The molecule has 118 valence electrons. The number of aromatic nitrogens is 2. The Balaban J connectivity index is 1.72. The molecular formula is C15H20N4O3. The highest BCUT2D eigenvalue weighted by molar-refractivity contribution is 5.97. The van der Waals surface area contributed by atoms with Crippen LogP contribution >= 0.6 is 0 Å². The fraction of sp³-hybridized carbons (Fsp3) is 0.600. The first-order valence-electron chi connectivity index (χ1n) is 7.62. The molecule has 7 heteroatoms. The molecule has 0 saturated carbocycles. The zero-order valence-electron chi connectivity index (χ0n) is 12.7. The molecule has 22 heavy (non-hydrogen) atoms. The summed E-state index contributed by atoms with van der Waals surface area (Å²) >= 11 is 0. The molecule has 0 N–H and O–H groups in total. The van der Waals surface area contributed by atoms with E-state index in [0.717, 1.165) is 18.5 Å². The van der Waals surface area contributed by atoms with E-state index in [2.05, 4.69) is 9.97 Å². The largest absolute Gasteiger partial charge is 0.378 e. The fourth-order valence-corrected chi connectivity index (χ4v) is 2.82. The molecule has 1 aromatic heterocycles. The third kappa shape index (κ3) is 3.09. The molecule has 1 saturated heterocycles. The molecule has 3 rings (SSSR count). The number of fused-ring (bicyclic) bond motifs is 1. The predicted molar refractivity (Wildman–Crippen MR) is 78.4 cm³/mol. The highest BCUT2D eigenvalue weighted by Crippen LogP contribution is 2.16. The van der Waals surface area contributed by atoms with E-state index in [4.69, 9.17) is 4.74 Å². The predicted octanol–water partition coefficient (Wildman–Crippen LogP) is 0.0322. The van der Waals surface area contributed by atoms with Crippen LogP contribution in [0.25, 0.3) is 0 Å². The quantitative estimate of drug-likeness (QED) is 0.770. The molecule has 1 aromatic rings. The van der Waals surface area contributed by atoms with Crippen LogP contribution in [0.1, 0.15) is 28.3 Å². The second kappa shape index (κ2) is 6.39. The molecule has 0 aromatic carbocycles. The first kappa shape index (κ1) is 14.9. The van der Waals surface area contributed by atoms with E-state index in [-0.39, 0.29) is 18.4 Å². The van der Waals surface area contributed by atoms with Crippen LogP contribution < -0.4 is 0 Å². The van der Waals surface area contributed by atoms with Crippen LogP contribution in [0.15, 0.2) is 6.20 Å². The van der Waals surface area contributed by atoms with E-state index in [1.165, 1.54) is 0 Å². The Labute approximate surface area is 129 Å². The lowest BCUT2D eigenvalue weighted by Crippen LogP contribution is -2.47. The van der Waals surface area contributed by atoms with Crippen LogP contribution in [0, 0.1) is 6.92 Å². The van der Waals surface area contributed by atoms with Gasteiger partial charge in [-0.1, -0.05) is 0 Å². The lowest BCUT2D eigenvalue weighted by atomic mass is 10.1. The van der Waals surface area contributed by atoms with Crippen LogP contribution in [0.5, 0.6) is 0 Å². The van der Waals surface area contributed by atoms with Gasteiger partial charge in [0.05, 0.1) is 24.5 Å². The van der Waals surface area contributed by atoms with E-state index >= 15 is 0 Å². The van der Waals surface area contributed by atoms with Crippen LogP contribution in [-0.2, 0) is 16.0 Å². The SMILES string of the molecule is Cc1ncc2c(n1)CCCN(CC(=O)N1CCOCC1)C2=O. The Bertz CT molecular complexity index is 584. The van der Waals surface area contributed by atoms with Crippen molar-refractivity contribution in [3.05, 3.63) is 23.3 Å². The van der Waals surface area contributed by atoms with Crippen molar-refractivity contribution < 1.29 is 14.3 Å². The monoisotopic (exact) mass is 304 g/mol. The first-order chi connectivity index (χ1) is 10.6. The van der Waals surface area contributed by atoms with E-state index in [1.54, 1.807) is 16.0 Å². The molecule has 0 unspecified atom stereocenters. The van der Waals surface area contributed by atoms with Crippen molar-refractivity contribution in [1.82, 2.24) is 19.8 Å². The topological polar surface area (TPSA) is 75.6 Å². The number of hydrogen-bond acceptors (Lipinski definition) is 5. The molecule has 0 spiro atoms. The molecule has 2 amide bonds. The van der Waals surface area contributed by atoms with E-state index in [0.29, 0.717) is 44.2 Å². The average molecular weight is 304 g/mol. The molecule has 0 radical (unpaired) electrons. The van der Waals surface area contributed by atoms with Gasteiger partial charge in [0.25, 0.3) is 5.91 Å². The zero-order valence-corrected chi connectivity index (χ0v) is 12.7. The lowest BCUT2D eigenvalue weighted by molar-refractivity contribution is -0.135. The van der Waals surface area contributed by atoms with E-state index in [1.807, 2.05) is 6.92 Å². The van der Waals surface area contributed by atoms with Crippen molar-refractivity contribution >= 4 is 11.8 Å². The number of rotatable bonds is 2. The van der Waals surface area contributed by atoms with Gasteiger partial charge in [0.15, 0.2) is 0 Å². The maximum Gasteiger partial charge on any atom is 0.257 e. The number of hydrogen-bond donors (Lipinski definition) is 0. The zero-order chi connectivity index (χ0) is 15.5. The average Bonchev–Trinajstić information content (AvgIpc) is 2.68. The summed E-state index contributed by atoms with van der Waals surface area (Å²) in [5, 5.41) is 0.